The van der Waals surface area contributed by atoms with Crippen molar-refractivity contribution in [1.29, 1.82) is 0 Å². The summed E-state index contributed by atoms with van der Waals surface area (Å²) in [6.07, 6.45) is -2.33. The molecule has 112 valence electrons. The van der Waals surface area contributed by atoms with Crippen LogP contribution in [0, 0.1) is 0 Å². The van der Waals surface area contributed by atoms with E-state index < -0.39 is 11.7 Å². The van der Waals surface area contributed by atoms with E-state index in [1.807, 2.05) is 0 Å². The molecule has 0 aliphatic rings. The van der Waals surface area contributed by atoms with Gasteiger partial charge in [0.25, 0.3) is 0 Å². The van der Waals surface area contributed by atoms with Crippen molar-refractivity contribution in [3.63, 3.8) is 0 Å². The maximum atomic E-state index is 13.1. The van der Waals surface area contributed by atoms with Crippen LogP contribution in [0.2, 0.25) is 0 Å². The van der Waals surface area contributed by atoms with Crippen molar-refractivity contribution in [3.8, 4) is 11.4 Å². The third-order valence-corrected chi connectivity index (χ3v) is 2.61. The third-order valence-electron chi connectivity index (χ3n) is 2.61. The molecular formula is C12H13F3N6. The van der Waals surface area contributed by atoms with Crippen molar-refractivity contribution >= 4 is 11.9 Å². The topological polar surface area (TPSA) is 66.8 Å². The lowest BCUT2D eigenvalue weighted by Gasteiger charge is -2.15. The zero-order valence-electron chi connectivity index (χ0n) is 11.6. The summed E-state index contributed by atoms with van der Waals surface area (Å²) in [6, 6.07) is 0.896. The average Bonchev–Trinajstić information content (AvgIpc) is 2.45. The Morgan fingerprint density at radius 2 is 1.86 bits per heavy atom. The predicted molar refractivity (Wildman–Crippen MR) is 71.9 cm³/mol. The normalized spacial score (nSPS) is 11.3. The van der Waals surface area contributed by atoms with Gasteiger partial charge in [-0.2, -0.15) is 28.1 Å². The fourth-order valence-electron chi connectivity index (χ4n) is 1.62. The summed E-state index contributed by atoms with van der Waals surface area (Å²) in [5.74, 6) is 0.348. The number of aromatic nitrogens is 4. The summed E-state index contributed by atoms with van der Waals surface area (Å²) in [5, 5.41) is 2.70. The van der Waals surface area contributed by atoms with Crippen molar-refractivity contribution in [1.82, 2.24) is 19.9 Å². The Labute approximate surface area is 119 Å². The number of hydrogen-bond donors (Lipinski definition) is 1. The molecular weight excluding hydrogens is 285 g/mol. The predicted octanol–water partition coefficient (Wildman–Crippen LogP) is 2.06. The second kappa shape index (κ2) is 5.51. The van der Waals surface area contributed by atoms with Crippen LogP contribution in [0.1, 0.15) is 5.56 Å². The molecule has 9 heteroatoms. The van der Waals surface area contributed by atoms with Crippen molar-refractivity contribution in [2.45, 2.75) is 6.18 Å². The van der Waals surface area contributed by atoms with Gasteiger partial charge in [0.1, 0.15) is 0 Å². The Bertz CT molecular complexity index is 641. The Balaban J connectivity index is 2.64. The minimum absolute atomic E-state index is 0.0847. The number of hydrogen-bond acceptors (Lipinski definition) is 6. The Kier molecular flexibility index (Phi) is 3.92. The first-order valence-corrected chi connectivity index (χ1v) is 5.95. The molecule has 2 heterocycles. The first-order chi connectivity index (χ1) is 9.82. The van der Waals surface area contributed by atoms with Crippen LogP contribution in [0.25, 0.3) is 11.4 Å². The van der Waals surface area contributed by atoms with Gasteiger partial charge >= 0.3 is 6.18 Å². The van der Waals surface area contributed by atoms with Crippen LogP contribution >= 0.6 is 0 Å². The summed E-state index contributed by atoms with van der Waals surface area (Å²) in [7, 11) is 4.95. The number of alkyl halides is 3. The summed E-state index contributed by atoms with van der Waals surface area (Å²) in [4.78, 5) is 17.4. The maximum absolute atomic E-state index is 13.1. The van der Waals surface area contributed by atoms with Gasteiger partial charge < -0.3 is 10.2 Å². The van der Waals surface area contributed by atoms with E-state index in [2.05, 4.69) is 25.3 Å². The molecule has 2 aromatic heterocycles. The van der Waals surface area contributed by atoms with E-state index in [1.54, 1.807) is 26.0 Å². The first kappa shape index (κ1) is 14.9. The second-order valence-corrected chi connectivity index (χ2v) is 4.35. The van der Waals surface area contributed by atoms with Crippen LogP contribution in [0.15, 0.2) is 18.5 Å². The van der Waals surface area contributed by atoms with Gasteiger partial charge in [0.2, 0.25) is 11.9 Å². The fraction of sp³-hybridized carbons (Fsp3) is 0.333. The highest BCUT2D eigenvalue weighted by Crippen LogP contribution is 2.35. The maximum Gasteiger partial charge on any atom is 0.417 e. The molecule has 1 N–H and O–H groups in total. The van der Waals surface area contributed by atoms with Crippen molar-refractivity contribution in [2.24, 2.45) is 0 Å². The molecule has 0 radical (unpaired) electrons. The molecule has 0 saturated heterocycles. The molecule has 0 fully saturated rings. The smallest absolute Gasteiger partial charge is 0.357 e. The van der Waals surface area contributed by atoms with Gasteiger partial charge in [-0.3, -0.25) is 4.98 Å². The quantitative estimate of drug-likeness (QED) is 0.935. The van der Waals surface area contributed by atoms with Gasteiger partial charge in [-0.15, -0.1) is 0 Å². The van der Waals surface area contributed by atoms with Crippen LogP contribution in [-0.2, 0) is 6.18 Å². The largest absolute Gasteiger partial charge is 0.417 e. The highest BCUT2D eigenvalue weighted by atomic mass is 19.4. The highest BCUT2D eigenvalue weighted by Gasteiger charge is 2.34. The summed E-state index contributed by atoms with van der Waals surface area (Å²) in [6.45, 7) is 0. The molecule has 0 aliphatic heterocycles. The molecule has 21 heavy (non-hydrogen) atoms. The molecule has 0 aliphatic carbocycles. The van der Waals surface area contributed by atoms with Crippen molar-refractivity contribution in [2.75, 3.05) is 31.4 Å². The highest BCUT2D eigenvalue weighted by molar-refractivity contribution is 5.62. The van der Waals surface area contributed by atoms with Gasteiger partial charge in [0.05, 0.1) is 5.56 Å². The van der Waals surface area contributed by atoms with Gasteiger partial charge in [-0.25, -0.2) is 0 Å². The molecule has 0 atom stereocenters. The molecule has 2 aromatic rings. The molecule has 2 rings (SSSR count). The molecule has 6 nitrogen and oxygen atoms in total. The SMILES string of the molecule is CNc1nc(-c2cnccc2C(F)(F)F)nc(N(C)C)n1. The van der Waals surface area contributed by atoms with E-state index in [4.69, 9.17) is 0 Å². The van der Waals surface area contributed by atoms with Crippen molar-refractivity contribution in [3.05, 3.63) is 24.0 Å². The van der Waals surface area contributed by atoms with Crippen LogP contribution in [0.4, 0.5) is 25.1 Å². The Hall–Kier alpha value is -2.45. The van der Waals surface area contributed by atoms with E-state index in [0.717, 1.165) is 18.5 Å². The third kappa shape index (κ3) is 3.18. The zero-order valence-corrected chi connectivity index (χ0v) is 11.6. The van der Waals surface area contributed by atoms with E-state index in [-0.39, 0.29) is 23.3 Å². The Morgan fingerprint density at radius 1 is 1.14 bits per heavy atom. The van der Waals surface area contributed by atoms with Gasteiger partial charge in [0.15, 0.2) is 5.82 Å². The molecule has 0 unspecified atom stereocenters. The van der Waals surface area contributed by atoms with Gasteiger partial charge in [-0.1, -0.05) is 0 Å². The summed E-state index contributed by atoms with van der Waals surface area (Å²) >= 11 is 0. The molecule has 0 bridgehead atoms. The van der Waals surface area contributed by atoms with Crippen LogP contribution in [0.3, 0.4) is 0 Å². The molecule has 0 saturated carbocycles. The number of nitrogens with zero attached hydrogens (tertiary/aromatic N) is 5. The van der Waals surface area contributed by atoms with Crippen LogP contribution < -0.4 is 10.2 Å². The first-order valence-electron chi connectivity index (χ1n) is 5.95. The lowest BCUT2D eigenvalue weighted by atomic mass is 10.1. The van der Waals surface area contributed by atoms with E-state index in [9.17, 15) is 13.2 Å². The summed E-state index contributed by atoms with van der Waals surface area (Å²) < 4.78 is 39.2. The lowest BCUT2D eigenvalue weighted by Crippen LogP contribution is -2.16. The number of anilines is 2. The number of pyridine rings is 1. The second-order valence-electron chi connectivity index (χ2n) is 4.35. The number of nitrogens with one attached hydrogen (secondary N) is 1. The van der Waals surface area contributed by atoms with E-state index in [1.165, 1.54) is 0 Å². The standard InChI is InChI=1S/C12H13F3N6/c1-16-10-18-9(19-11(20-10)21(2)3)7-6-17-5-4-8(7)12(13,14)15/h4-6H,1-3H3,(H,16,18,19,20). The fourth-order valence-corrected chi connectivity index (χ4v) is 1.62. The van der Waals surface area contributed by atoms with Crippen LogP contribution in [0.5, 0.6) is 0 Å². The van der Waals surface area contributed by atoms with Gasteiger partial charge in [0, 0.05) is 39.1 Å². The monoisotopic (exact) mass is 298 g/mol. The molecule has 0 aromatic carbocycles. The number of halogens is 3. The number of rotatable bonds is 3. The summed E-state index contributed by atoms with van der Waals surface area (Å²) in [5.41, 5.74) is -1.03. The van der Waals surface area contributed by atoms with Gasteiger partial charge in [-0.05, 0) is 6.07 Å². The molecule has 0 spiro atoms. The van der Waals surface area contributed by atoms with Crippen molar-refractivity contribution < 1.29 is 13.2 Å². The van der Waals surface area contributed by atoms with E-state index >= 15 is 0 Å². The average molecular weight is 298 g/mol. The van der Waals surface area contributed by atoms with Crippen LogP contribution in [-0.4, -0.2) is 41.1 Å². The zero-order chi connectivity index (χ0) is 15.6. The minimum Gasteiger partial charge on any atom is -0.357 e. The Morgan fingerprint density at radius 3 is 2.43 bits per heavy atom. The van der Waals surface area contributed by atoms with E-state index in [0.29, 0.717) is 0 Å². The minimum atomic E-state index is -4.51. The lowest BCUT2D eigenvalue weighted by molar-refractivity contribution is -0.137. The molecule has 0 amide bonds.